The number of hydrogen-bond acceptors (Lipinski definition) is 16. The van der Waals surface area contributed by atoms with E-state index in [1.807, 2.05) is 0 Å². The summed E-state index contributed by atoms with van der Waals surface area (Å²) in [6.07, 6.45) is 0. The molecule has 242 valence electrons. The van der Waals surface area contributed by atoms with Crippen molar-refractivity contribution in [3.63, 3.8) is 0 Å². The summed E-state index contributed by atoms with van der Waals surface area (Å²) in [6.45, 7) is -0.406. The average Bonchev–Trinajstić information content (AvgIpc) is 2.94. The van der Waals surface area contributed by atoms with Crippen LogP contribution < -0.4 is 0 Å². The molecule has 23 heteroatoms. The van der Waals surface area contributed by atoms with Gasteiger partial charge < -0.3 is 5.11 Å². The second-order valence-electron chi connectivity index (χ2n) is 8.69. The molecule has 0 atom stereocenters. The standard InChI is InChI=1S/C22H18N2O16S5/c25-21-17(11-19(44(32,33)34)15-2-1-3-18(20(15)21)43(29,30)31)24-23-16-7-4-12-10-13(5-6-14(12)22(16)45(35,36)37)42(27,28)9-8-38-41-40-39-26/h1-7,10-11,25-26H,8-9H2,(H,29,30,31)(H,32,33,34)(H,35,36,37). The molecule has 0 bridgehead atoms. The third kappa shape index (κ3) is 7.56. The van der Waals surface area contributed by atoms with Crippen molar-refractivity contribution in [1.82, 2.24) is 0 Å². The Morgan fingerprint density at radius 2 is 1.40 bits per heavy atom. The molecule has 0 aliphatic carbocycles. The van der Waals surface area contributed by atoms with Crippen LogP contribution in [0, 0.1) is 0 Å². The third-order valence-electron chi connectivity index (χ3n) is 5.94. The highest BCUT2D eigenvalue weighted by molar-refractivity contribution is 7.91. The second kappa shape index (κ2) is 12.8. The fraction of sp³-hybridized carbons (Fsp3) is 0.0909. The molecule has 0 fully saturated rings. The van der Waals surface area contributed by atoms with Crippen LogP contribution in [-0.4, -0.2) is 70.1 Å². The Balaban J connectivity index is 1.86. The lowest BCUT2D eigenvalue weighted by Gasteiger charge is -2.12. The van der Waals surface area contributed by atoms with Gasteiger partial charge in [-0.15, -0.1) is 14.6 Å². The Morgan fingerprint density at radius 1 is 0.733 bits per heavy atom. The number of aromatic hydroxyl groups is 1. The molecule has 0 radical (unpaired) electrons. The number of fused-ring (bicyclic) bond motifs is 2. The van der Waals surface area contributed by atoms with Gasteiger partial charge in [0.15, 0.2) is 27.9 Å². The lowest BCUT2D eigenvalue weighted by molar-refractivity contribution is -0.434. The van der Waals surface area contributed by atoms with E-state index >= 15 is 0 Å². The first kappa shape index (κ1) is 34.5. The monoisotopic (exact) mass is 726 g/mol. The zero-order valence-electron chi connectivity index (χ0n) is 21.8. The Labute approximate surface area is 258 Å². The number of benzene rings is 4. The minimum Gasteiger partial charge on any atom is -0.505 e. The van der Waals surface area contributed by atoms with Crippen LogP contribution in [0.3, 0.4) is 0 Å². The molecule has 4 aromatic carbocycles. The minimum absolute atomic E-state index is 0.00466. The number of rotatable bonds is 12. The van der Waals surface area contributed by atoms with Crippen LogP contribution in [0.25, 0.3) is 21.5 Å². The van der Waals surface area contributed by atoms with Crippen LogP contribution in [0.1, 0.15) is 0 Å². The molecule has 0 saturated heterocycles. The van der Waals surface area contributed by atoms with Crippen molar-refractivity contribution in [2.45, 2.75) is 19.6 Å². The maximum atomic E-state index is 12.7. The highest BCUT2D eigenvalue weighted by atomic mass is 32.2. The molecule has 4 rings (SSSR count). The van der Waals surface area contributed by atoms with Gasteiger partial charge in [0, 0.05) is 16.2 Å². The van der Waals surface area contributed by atoms with E-state index in [1.54, 1.807) is 0 Å². The molecule has 0 saturated carbocycles. The van der Waals surface area contributed by atoms with E-state index in [0.717, 1.165) is 42.5 Å². The predicted octanol–water partition coefficient (Wildman–Crippen LogP) is 3.63. The maximum absolute atomic E-state index is 12.7. The van der Waals surface area contributed by atoms with Gasteiger partial charge in [-0.25, -0.2) is 13.7 Å². The molecule has 0 spiro atoms. The number of nitrogens with zero attached hydrogens (tertiary/aromatic N) is 2. The minimum atomic E-state index is -5.12. The highest BCUT2D eigenvalue weighted by Gasteiger charge is 2.26. The molecule has 0 heterocycles. The fourth-order valence-electron chi connectivity index (χ4n) is 4.13. The van der Waals surface area contributed by atoms with Crippen LogP contribution in [0.4, 0.5) is 11.4 Å². The first-order chi connectivity index (χ1) is 20.9. The Morgan fingerprint density at radius 3 is 2.02 bits per heavy atom. The van der Waals surface area contributed by atoms with Gasteiger partial charge in [-0.05, 0) is 35.7 Å². The van der Waals surface area contributed by atoms with Crippen molar-refractivity contribution >= 4 is 85.4 Å². The van der Waals surface area contributed by atoms with Crippen molar-refractivity contribution in [2.75, 3.05) is 12.4 Å². The quantitative estimate of drug-likeness (QED) is 0.0348. The van der Waals surface area contributed by atoms with E-state index in [1.165, 1.54) is 6.07 Å². The summed E-state index contributed by atoms with van der Waals surface area (Å²) >= 11 is 0.160. The van der Waals surface area contributed by atoms with Crippen LogP contribution >= 0.6 is 12.3 Å². The smallest absolute Gasteiger partial charge is 0.297 e. The predicted molar refractivity (Wildman–Crippen MR) is 154 cm³/mol. The lowest BCUT2D eigenvalue weighted by Crippen LogP contribution is -2.11. The zero-order valence-corrected chi connectivity index (χ0v) is 25.9. The summed E-state index contributed by atoms with van der Waals surface area (Å²) in [5.74, 6) is -1.60. The van der Waals surface area contributed by atoms with Crippen LogP contribution in [-0.2, 0) is 53.7 Å². The van der Waals surface area contributed by atoms with Gasteiger partial charge in [0.25, 0.3) is 30.4 Å². The summed E-state index contributed by atoms with van der Waals surface area (Å²) in [6, 6.07) is 8.83. The van der Waals surface area contributed by atoms with E-state index in [9.17, 15) is 52.4 Å². The van der Waals surface area contributed by atoms with Crippen molar-refractivity contribution in [2.24, 2.45) is 10.2 Å². The first-order valence-electron chi connectivity index (χ1n) is 11.5. The first-order valence-corrected chi connectivity index (χ1v) is 18.2. The highest BCUT2D eigenvalue weighted by Crippen LogP contribution is 2.43. The Hall–Kier alpha value is -3.33. The fourth-order valence-corrected chi connectivity index (χ4v) is 7.83. The van der Waals surface area contributed by atoms with E-state index in [4.69, 9.17) is 9.44 Å². The van der Waals surface area contributed by atoms with Crippen molar-refractivity contribution < 1.29 is 71.2 Å². The van der Waals surface area contributed by atoms with E-state index in [2.05, 4.69) is 19.6 Å². The molecule has 0 amide bonds. The van der Waals surface area contributed by atoms with Crippen LogP contribution in [0.5, 0.6) is 5.75 Å². The average molecular weight is 727 g/mol. The van der Waals surface area contributed by atoms with Crippen LogP contribution in [0.2, 0.25) is 0 Å². The largest absolute Gasteiger partial charge is 0.505 e. The van der Waals surface area contributed by atoms with Crippen molar-refractivity contribution in [3.8, 4) is 5.75 Å². The molecule has 0 aliphatic rings. The summed E-state index contributed by atoms with van der Waals surface area (Å²) in [5.41, 5.74) is -1.39. The Kier molecular flexibility index (Phi) is 9.84. The number of phenols is 1. The number of sulfone groups is 1. The van der Waals surface area contributed by atoms with E-state index < -0.39 is 95.1 Å². The van der Waals surface area contributed by atoms with Crippen LogP contribution in [0.15, 0.2) is 84.4 Å². The molecule has 4 aromatic rings. The van der Waals surface area contributed by atoms with Gasteiger partial charge in [-0.1, -0.05) is 29.3 Å². The van der Waals surface area contributed by atoms with E-state index in [0.29, 0.717) is 6.07 Å². The Bertz CT molecular complexity index is 2290. The summed E-state index contributed by atoms with van der Waals surface area (Å²) in [5, 5.41) is 27.9. The summed E-state index contributed by atoms with van der Waals surface area (Å²) < 4.78 is 136. The van der Waals surface area contributed by atoms with Gasteiger partial charge >= 0.3 is 0 Å². The molecule has 0 aromatic heterocycles. The second-order valence-corrected chi connectivity index (χ2v) is 15.4. The van der Waals surface area contributed by atoms with Gasteiger partial charge in [-0.3, -0.25) is 17.8 Å². The normalized spacial score (nSPS) is 13.2. The molecule has 18 nitrogen and oxygen atoms in total. The molecule has 5 N–H and O–H groups in total. The van der Waals surface area contributed by atoms with Gasteiger partial charge in [0.2, 0.25) is 0 Å². The molecular weight excluding hydrogens is 709 g/mol. The molecule has 45 heavy (non-hydrogen) atoms. The summed E-state index contributed by atoms with van der Waals surface area (Å²) in [4.78, 5) is -3.04. The van der Waals surface area contributed by atoms with Crippen molar-refractivity contribution in [3.05, 3.63) is 54.6 Å². The zero-order chi connectivity index (χ0) is 33.4. The van der Waals surface area contributed by atoms with Gasteiger partial charge in [0.1, 0.15) is 26.1 Å². The molecule has 0 unspecified atom stereocenters. The van der Waals surface area contributed by atoms with Gasteiger partial charge in [-0.2, -0.15) is 25.3 Å². The summed E-state index contributed by atoms with van der Waals surface area (Å²) in [7, 11) is -19.3. The maximum Gasteiger partial charge on any atom is 0.297 e. The lowest BCUT2D eigenvalue weighted by atomic mass is 10.1. The number of hydrogen-bond donors (Lipinski definition) is 5. The molecule has 0 aliphatic heterocycles. The SMILES string of the molecule is O=S(=O)(O)c1c(N=Nc2cc(S(=O)(=O)O)c3cccc(S(=O)(=O)O)c3c2O)ccc2cc(S(=O)(=O)CCOSOOO)ccc12. The van der Waals surface area contributed by atoms with Gasteiger partial charge in [0.05, 0.1) is 17.3 Å². The van der Waals surface area contributed by atoms with E-state index in [-0.39, 0.29) is 28.0 Å². The number of azo groups is 1. The molecular formula is C22H18N2O16S5. The third-order valence-corrected chi connectivity index (χ3v) is 10.7. The van der Waals surface area contributed by atoms with Crippen molar-refractivity contribution in [1.29, 1.82) is 0 Å². The number of phenolic OH excluding ortho intramolecular Hbond substituents is 1. The topological polar surface area (TPSA) is 290 Å².